The first kappa shape index (κ1) is 20.2. The second-order valence-electron chi connectivity index (χ2n) is 7.28. The van der Waals surface area contributed by atoms with E-state index in [-0.39, 0.29) is 0 Å². The van der Waals surface area contributed by atoms with Gasteiger partial charge in [0.25, 0.3) is 0 Å². The van der Waals surface area contributed by atoms with Crippen molar-refractivity contribution in [3.63, 3.8) is 0 Å². The molecule has 0 spiro atoms. The first-order valence-corrected chi connectivity index (χ1v) is 9.73. The lowest BCUT2D eigenvalue weighted by molar-refractivity contribution is 0.0975. The smallest absolute Gasteiger partial charge is 0.409 e. The van der Waals surface area contributed by atoms with Crippen LogP contribution in [0, 0.1) is 0 Å². The van der Waals surface area contributed by atoms with E-state index in [2.05, 4.69) is 52.4 Å². The van der Waals surface area contributed by atoms with Gasteiger partial charge >= 0.3 is 6.09 Å². The summed E-state index contributed by atoms with van der Waals surface area (Å²) < 4.78 is 5.50. The van der Waals surface area contributed by atoms with Gasteiger partial charge in [0.15, 0.2) is 0 Å². The van der Waals surface area contributed by atoms with Crippen molar-refractivity contribution < 1.29 is 14.6 Å². The van der Waals surface area contributed by atoms with Crippen molar-refractivity contribution in [3.8, 4) is 5.75 Å². The van der Waals surface area contributed by atoms with E-state index in [4.69, 9.17) is 9.84 Å². The highest BCUT2D eigenvalue weighted by molar-refractivity contribution is 5.85. The minimum atomic E-state index is -1.09. The molecule has 1 heterocycles. The molecule has 2 aromatic carbocycles. The van der Waals surface area contributed by atoms with E-state index in [9.17, 15) is 4.79 Å². The van der Waals surface area contributed by atoms with Crippen LogP contribution in [0.15, 0.2) is 48.5 Å². The molecule has 3 rings (SSSR count). The van der Waals surface area contributed by atoms with Gasteiger partial charge in [-0.05, 0) is 30.5 Å². The number of carboxylic acid groups (broad SMARTS) is 1. The van der Waals surface area contributed by atoms with Crippen LogP contribution in [-0.4, -0.2) is 60.3 Å². The van der Waals surface area contributed by atoms with Gasteiger partial charge in [0.1, 0.15) is 5.75 Å². The van der Waals surface area contributed by atoms with Crippen molar-refractivity contribution >= 4 is 11.8 Å². The number of methoxy groups -OCH3 is 1. The molecule has 150 valence electrons. The van der Waals surface area contributed by atoms with Crippen molar-refractivity contribution in [1.29, 1.82) is 0 Å². The Morgan fingerprint density at radius 3 is 2.46 bits per heavy atom. The molecule has 2 N–H and O–H groups in total. The summed E-state index contributed by atoms with van der Waals surface area (Å²) in [5.41, 5.74) is 2.87. The molecule has 1 unspecified atom stereocenters. The monoisotopic (exact) mass is 383 g/mol. The van der Waals surface area contributed by atoms with Gasteiger partial charge in [-0.25, -0.2) is 4.79 Å². The van der Waals surface area contributed by atoms with E-state index in [0.717, 1.165) is 44.7 Å². The molecule has 1 fully saturated rings. The largest absolute Gasteiger partial charge is 0.494 e. The van der Waals surface area contributed by atoms with Crippen LogP contribution in [0.4, 0.5) is 10.5 Å². The number of nitrogens with one attached hydrogen (secondary N) is 1. The Bertz CT molecular complexity index is 774. The Hall–Kier alpha value is -2.57. The Morgan fingerprint density at radius 2 is 1.82 bits per heavy atom. The molecule has 6 nitrogen and oxygen atoms in total. The molecular formula is C22H29N3O3. The maximum Gasteiger partial charge on any atom is 0.409 e. The van der Waals surface area contributed by atoms with Gasteiger partial charge in [0, 0.05) is 38.8 Å². The second kappa shape index (κ2) is 9.57. The van der Waals surface area contributed by atoms with Gasteiger partial charge in [-0.2, -0.15) is 0 Å². The highest BCUT2D eigenvalue weighted by atomic mass is 16.5. The SMILES string of the molecule is COc1c(CC(C)N2CCN(Cc3ccccc3)CC2)cccc1NC(=O)O. The van der Waals surface area contributed by atoms with E-state index in [1.54, 1.807) is 13.2 Å². The minimum absolute atomic E-state index is 0.354. The number of amides is 1. The van der Waals surface area contributed by atoms with E-state index in [1.807, 2.05) is 12.1 Å². The fourth-order valence-corrected chi connectivity index (χ4v) is 3.85. The van der Waals surface area contributed by atoms with Crippen molar-refractivity contribution in [2.45, 2.75) is 25.9 Å². The quantitative estimate of drug-likeness (QED) is 0.766. The highest BCUT2D eigenvalue weighted by Gasteiger charge is 2.22. The third kappa shape index (κ3) is 5.24. The number of hydrogen-bond acceptors (Lipinski definition) is 4. The van der Waals surface area contributed by atoms with Gasteiger partial charge in [-0.15, -0.1) is 0 Å². The van der Waals surface area contributed by atoms with E-state index in [0.29, 0.717) is 17.5 Å². The van der Waals surface area contributed by atoms with Gasteiger partial charge in [-0.3, -0.25) is 15.1 Å². The summed E-state index contributed by atoms with van der Waals surface area (Å²) in [6, 6.07) is 16.6. The second-order valence-corrected chi connectivity index (χ2v) is 7.28. The van der Waals surface area contributed by atoms with Gasteiger partial charge in [-0.1, -0.05) is 42.5 Å². The average molecular weight is 383 g/mol. The number of anilines is 1. The molecular weight excluding hydrogens is 354 g/mol. The summed E-state index contributed by atoms with van der Waals surface area (Å²) in [5, 5.41) is 11.4. The number of hydrogen-bond donors (Lipinski definition) is 2. The van der Waals surface area contributed by atoms with Crippen LogP contribution in [0.5, 0.6) is 5.75 Å². The number of piperazine rings is 1. The van der Waals surface area contributed by atoms with Crippen LogP contribution in [0.2, 0.25) is 0 Å². The molecule has 28 heavy (non-hydrogen) atoms. The van der Waals surface area contributed by atoms with Crippen LogP contribution in [0.3, 0.4) is 0 Å². The molecule has 0 aliphatic carbocycles. The molecule has 0 bridgehead atoms. The Morgan fingerprint density at radius 1 is 1.11 bits per heavy atom. The standard InChI is InChI=1S/C22H29N3O3/c1-17(15-19-9-6-10-20(21(19)28-2)23-22(26)27)25-13-11-24(12-14-25)16-18-7-4-3-5-8-18/h3-10,17,23H,11-16H2,1-2H3,(H,26,27). The van der Waals surface area contributed by atoms with Crippen LogP contribution in [-0.2, 0) is 13.0 Å². The van der Waals surface area contributed by atoms with Crippen molar-refractivity contribution in [1.82, 2.24) is 9.80 Å². The predicted octanol–water partition coefficient (Wildman–Crippen LogP) is 3.53. The Balaban J connectivity index is 1.57. The zero-order valence-corrected chi connectivity index (χ0v) is 16.6. The fraction of sp³-hybridized carbons (Fsp3) is 0.409. The zero-order valence-electron chi connectivity index (χ0n) is 16.6. The molecule has 1 aliphatic heterocycles. The van der Waals surface area contributed by atoms with Gasteiger partial charge < -0.3 is 9.84 Å². The molecule has 2 aromatic rings. The molecule has 1 atom stereocenters. The van der Waals surface area contributed by atoms with Crippen LogP contribution >= 0.6 is 0 Å². The lowest BCUT2D eigenvalue weighted by Crippen LogP contribution is -2.49. The van der Waals surface area contributed by atoms with Gasteiger partial charge in [0.05, 0.1) is 12.8 Å². The minimum Gasteiger partial charge on any atom is -0.494 e. The Kier molecular flexibility index (Phi) is 6.90. The van der Waals surface area contributed by atoms with E-state index in [1.165, 1.54) is 5.56 Å². The van der Waals surface area contributed by atoms with E-state index < -0.39 is 6.09 Å². The summed E-state index contributed by atoms with van der Waals surface area (Å²) in [4.78, 5) is 16.0. The summed E-state index contributed by atoms with van der Waals surface area (Å²) in [6.07, 6.45) is -0.269. The maximum atomic E-state index is 11.0. The molecule has 1 amide bonds. The molecule has 0 aromatic heterocycles. The number of para-hydroxylation sites is 1. The number of ether oxygens (including phenoxy) is 1. The first-order valence-electron chi connectivity index (χ1n) is 9.73. The van der Waals surface area contributed by atoms with Crippen LogP contribution in [0.1, 0.15) is 18.1 Å². The molecule has 6 heteroatoms. The Labute approximate surface area is 166 Å². The number of rotatable bonds is 7. The molecule has 0 saturated carbocycles. The number of nitrogens with zero attached hydrogens (tertiary/aromatic N) is 2. The summed E-state index contributed by atoms with van der Waals surface area (Å²) in [7, 11) is 1.58. The van der Waals surface area contributed by atoms with Crippen molar-refractivity contribution in [2.24, 2.45) is 0 Å². The third-order valence-corrected chi connectivity index (χ3v) is 5.34. The third-order valence-electron chi connectivity index (χ3n) is 5.34. The summed E-state index contributed by atoms with van der Waals surface area (Å²) in [5.74, 6) is 0.611. The molecule has 0 radical (unpaired) electrons. The fourth-order valence-electron chi connectivity index (χ4n) is 3.85. The molecule has 1 saturated heterocycles. The summed E-state index contributed by atoms with van der Waals surface area (Å²) >= 11 is 0. The lowest BCUT2D eigenvalue weighted by atomic mass is 10.0. The topological polar surface area (TPSA) is 65.0 Å². The van der Waals surface area contributed by atoms with Crippen LogP contribution < -0.4 is 10.1 Å². The number of benzene rings is 2. The maximum absolute atomic E-state index is 11.0. The lowest BCUT2D eigenvalue weighted by Gasteiger charge is -2.38. The first-order chi connectivity index (χ1) is 13.6. The van der Waals surface area contributed by atoms with Gasteiger partial charge in [0.2, 0.25) is 0 Å². The highest BCUT2D eigenvalue weighted by Crippen LogP contribution is 2.30. The normalized spacial score (nSPS) is 16.5. The zero-order chi connectivity index (χ0) is 19.9. The van der Waals surface area contributed by atoms with Crippen molar-refractivity contribution in [3.05, 3.63) is 59.7 Å². The van der Waals surface area contributed by atoms with E-state index >= 15 is 0 Å². The number of carbonyl (C=O) groups is 1. The predicted molar refractivity (Wildman–Crippen MR) is 111 cm³/mol. The van der Waals surface area contributed by atoms with Crippen molar-refractivity contribution in [2.75, 3.05) is 38.6 Å². The molecule has 1 aliphatic rings. The van der Waals surface area contributed by atoms with Crippen LogP contribution in [0.25, 0.3) is 0 Å². The average Bonchev–Trinajstić information content (AvgIpc) is 2.69. The summed E-state index contributed by atoms with van der Waals surface area (Å²) in [6.45, 7) is 7.39.